The van der Waals surface area contributed by atoms with Gasteiger partial charge in [0.05, 0.1) is 0 Å². The molecule has 0 unspecified atom stereocenters. The molecular formula is C15H21NO. The van der Waals surface area contributed by atoms with Crippen molar-refractivity contribution in [2.45, 2.75) is 40.0 Å². The number of aryl methyl sites for hydroxylation is 1. The molecule has 2 heteroatoms. The van der Waals surface area contributed by atoms with Crippen LogP contribution in [0.5, 0.6) is 0 Å². The number of benzene rings is 1. The van der Waals surface area contributed by atoms with Crippen molar-refractivity contribution in [2.24, 2.45) is 5.73 Å². The summed E-state index contributed by atoms with van der Waals surface area (Å²) in [6, 6.07) is 8.38. The molecule has 92 valence electrons. The smallest absolute Gasteiger partial charge is 0.244 e. The fraction of sp³-hybridized carbons (Fsp3) is 0.400. The fourth-order valence-corrected chi connectivity index (χ4v) is 2.07. The normalized spacial score (nSPS) is 12.2. The van der Waals surface area contributed by atoms with Crippen molar-refractivity contribution in [1.29, 1.82) is 0 Å². The van der Waals surface area contributed by atoms with Gasteiger partial charge in [0.1, 0.15) is 0 Å². The highest BCUT2D eigenvalue weighted by atomic mass is 16.1. The zero-order valence-electron chi connectivity index (χ0n) is 10.9. The van der Waals surface area contributed by atoms with E-state index in [9.17, 15) is 4.79 Å². The summed E-state index contributed by atoms with van der Waals surface area (Å²) in [5, 5.41) is 0. The number of carbonyl (C=O) groups excluding carboxylic acids is 1. The predicted molar refractivity (Wildman–Crippen MR) is 72.5 cm³/mol. The number of carbonyl (C=O) groups is 1. The molecule has 0 saturated carbocycles. The molecule has 2 N–H and O–H groups in total. The van der Waals surface area contributed by atoms with E-state index in [1.807, 2.05) is 6.92 Å². The van der Waals surface area contributed by atoms with Gasteiger partial charge in [-0.05, 0) is 36.0 Å². The number of nitrogens with two attached hydrogens (primary N) is 1. The summed E-state index contributed by atoms with van der Waals surface area (Å²) >= 11 is 0. The summed E-state index contributed by atoms with van der Waals surface area (Å²) in [4.78, 5) is 11.4. The zero-order chi connectivity index (χ0) is 12.8. The predicted octanol–water partition coefficient (Wildman–Crippen LogP) is 3.31. The van der Waals surface area contributed by atoms with Gasteiger partial charge in [-0.2, -0.15) is 0 Å². The SMILES string of the molecule is CCC(C(N)=O)=C(CC)c1ccc(CC)cc1. The van der Waals surface area contributed by atoms with Gasteiger partial charge >= 0.3 is 0 Å². The third kappa shape index (κ3) is 3.19. The van der Waals surface area contributed by atoms with Gasteiger partial charge < -0.3 is 5.73 Å². The molecule has 0 radical (unpaired) electrons. The molecule has 0 aliphatic heterocycles. The quantitative estimate of drug-likeness (QED) is 0.776. The van der Waals surface area contributed by atoms with Crippen molar-refractivity contribution < 1.29 is 4.79 Å². The largest absolute Gasteiger partial charge is 0.366 e. The first-order valence-corrected chi connectivity index (χ1v) is 6.25. The molecule has 0 bridgehead atoms. The van der Waals surface area contributed by atoms with E-state index in [1.165, 1.54) is 5.56 Å². The van der Waals surface area contributed by atoms with Crippen LogP contribution in [-0.2, 0) is 11.2 Å². The molecule has 0 spiro atoms. The van der Waals surface area contributed by atoms with Gasteiger partial charge in [0, 0.05) is 5.57 Å². The molecular weight excluding hydrogens is 210 g/mol. The highest BCUT2D eigenvalue weighted by Gasteiger charge is 2.10. The van der Waals surface area contributed by atoms with Crippen LogP contribution in [0.4, 0.5) is 0 Å². The number of primary amides is 1. The third-order valence-corrected chi connectivity index (χ3v) is 3.08. The van der Waals surface area contributed by atoms with Crippen molar-refractivity contribution in [3.05, 3.63) is 41.0 Å². The average Bonchev–Trinajstić information content (AvgIpc) is 2.35. The van der Waals surface area contributed by atoms with Gasteiger partial charge in [-0.15, -0.1) is 0 Å². The summed E-state index contributed by atoms with van der Waals surface area (Å²) in [7, 11) is 0. The summed E-state index contributed by atoms with van der Waals surface area (Å²) < 4.78 is 0. The van der Waals surface area contributed by atoms with E-state index >= 15 is 0 Å². The van der Waals surface area contributed by atoms with Crippen molar-refractivity contribution in [3.63, 3.8) is 0 Å². The Labute approximate surface area is 104 Å². The standard InChI is InChI=1S/C15H21NO/c1-4-11-7-9-12(10-8-11)13(5-2)14(6-3)15(16)17/h7-10H,4-6H2,1-3H3,(H2,16,17). The number of amides is 1. The molecule has 0 aromatic heterocycles. The highest BCUT2D eigenvalue weighted by Crippen LogP contribution is 2.24. The maximum absolute atomic E-state index is 11.4. The molecule has 0 atom stereocenters. The first-order valence-electron chi connectivity index (χ1n) is 6.25. The number of rotatable bonds is 5. The lowest BCUT2D eigenvalue weighted by Crippen LogP contribution is -2.15. The molecule has 0 aliphatic carbocycles. The number of allylic oxidation sites excluding steroid dienone is 1. The Balaban J connectivity index is 3.20. The monoisotopic (exact) mass is 231 g/mol. The average molecular weight is 231 g/mol. The van der Waals surface area contributed by atoms with Crippen molar-refractivity contribution >= 4 is 11.5 Å². The molecule has 1 amide bonds. The molecule has 0 heterocycles. The lowest BCUT2D eigenvalue weighted by molar-refractivity contribution is -0.114. The second kappa shape index (κ2) is 6.24. The highest BCUT2D eigenvalue weighted by molar-refractivity contribution is 6.00. The molecule has 0 fully saturated rings. The minimum absolute atomic E-state index is 0.302. The maximum atomic E-state index is 11.4. The van der Waals surface area contributed by atoms with Crippen molar-refractivity contribution in [3.8, 4) is 0 Å². The van der Waals surface area contributed by atoms with E-state index in [0.717, 1.165) is 29.6 Å². The van der Waals surface area contributed by atoms with Crippen LogP contribution in [0.2, 0.25) is 0 Å². The van der Waals surface area contributed by atoms with Crippen LogP contribution < -0.4 is 5.73 Å². The fourth-order valence-electron chi connectivity index (χ4n) is 2.07. The third-order valence-electron chi connectivity index (χ3n) is 3.08. The summed E-state index contributed by atoms with van der Waals surface area (Å²) in [5.41, 5.74) is 9.66. The van der Waals surface area contributed by atoms with E-state index in [1.54, 1.807) is 0 Å². The summed E-state index contributed by atoms with van der Waals surface area (Å²) in [5.74, 6) is -0.302. The minimum Gasteiger partial charge on any atom is -0.366 e. The lowest BCUT2D eigenvalue weighted by Gasteiger charge is -2.11. The Bertz CT molecular complexity index is 415. The van der Waals surface area contributed by atoms with E-state index in [2.05, 4.69) is 38.1 Å². The van der Waals surface area contributed by atoms with Gasteiger partial charge in [-0.1, -0.05) is 45.0 Å². The van der Waals surface area contributed by atoms with Crippen LogP contribution in [0, 0.1) is 0 Å². The van der Waals surface area contributed by atoms with Gasteiger partial charge in [0.2, 0.25) is 5.91 Å². The van der Waals surface area contributed by atoms with Crippen LogP contribution in [0.25, 0.3) is 5.57 Å². The Kier molecular flexibility index (Phi) is 4.95. The minimum atomic E-state index is -0.302. The molecule has 1 aromatic carbocycles. The molecule has 2 nitrogen and oxygen atoms in total. The Morgan fingerprint density at radius 1 is 1.06 bits per heavy atom. The van der Waals surface area contributed by atoms with Crippen molar-refractivity contribution in [1.82, 2.24) is 0 Å². The Hall–Kier alpha value is -1.57. The molecule has 1 aromatic rings. The van der Waals surface area contributed by atoms with E-state index in [4.69, 9.17) is 5.73 Å². The Morgan fingerprint density at radius 2 is 1.65 bits per heavy atom. The van der Waals surface area contributed by atoms with E-state index in [-0.39, 0.29) is 5.91 Å². The van der Waals surface area contributed by atoms with Crippen LogP contribution in [0.3, 0.4) is 0 Å². The number of hydrogen-bond acceptors (Lipinski definition) is 1. The van der Waals surface area contributed by atoms with E-state index < -0.39 is 0 Å². The summed E-state index contributed by atoms with van der Waals surface area (Å²) in [6.07, 6.45) is 2.55. The van der Waals surface area contributed by atoms with Gasteiger partial charge in [0.25, 0.3) is 0 Å². The molecule has 0 saturated heterocycles. The number of hydrogen-bond donors (Lipinski definition) is 1. The van der Waals surface area contributed by atoms with Crippen LogP contribution >= 0.6 is 0 Å². The topological polar surface area (TPSA) is 43.1 Å². The van der Waals surface area contributed by atoms with Crippen molar-refractivity contribution in [2.75, 3.05) is 0 Å². The Morgan fingerprint density at radius 3 is 2.00 bits per heavy atom. The van der Waals surface area contributed by atoms with Crippen LogP contribution in [0.1, 0.15) is 44.7 Å². The van der Waals surface area contributed by atoms with E-state index in [0.29, 0.717) is 6.42 Å². The molecule has 17 heavy (non-hydrogen) atoms. The first-order chi connectivity index (χ1) is 8.13. The van der Waals surface area contributed by atoms with Crippen LogP contribution in [-0.4, -0.2) is 5.91 Å². The zero-order valence-corrected chi connectivity index (χ0v) is 10.9. The van der Waals surface area contributed by atoms with Gasteiger partial charge in [-0.3, -0.25) is 4.79 Å². The second-order valence-electron chi connectivity index (χ2n) is 4.08. The molecule has 0 aliphatic rings. The van der Waals surface area contributed by atoms with Gasteiger partial charge in [-0.25, -0.2) is 0 Å². The van der Waals surface area contributed by atoms with Crippen LogP contribution in [0.15, 0.2) is 29.8 Å². The second-order valence-corrected chi connectivity index (χ2v) is 4.08. The summed E-state index contributed by atoms with van der Waals surface area (Å²) in [6.45, 7) is 6.16. The first kappa shape index (κ1) is 13.5. The maximum Gasteiger partial charge on any atom is 0.244 e. The van der Waals surface area contributed by atoms with Gasteiger partial charge in [0.15, 0.2) is 0 Å². The molecule has 1 rings (SSSR count). The lowest BCUT2D eigenvalue weighted by atomic mass is 9.94.